The van der Waals surface area contributed by atoms with Crippen LogP contribution in [0.4, 0.5) is 0 Å². The van der Waals surface area contributed by atoms with Gasteiger partial charge in [0.2, 0.25) is 0 Å². The highest BCUT2D eigenvalue weighted by Crippen LogP contribution is 2.36. The minimum absolute atomic E-state index is 0.592. The molecule has 0 aliphatic carbocycles. The molecule has 1 aliphatic heterocycles. The van der Waals surface area contributed by atoms with Gasteiger partial charge in [0.1, 0.15) is 6.61 Å². The van der Waals surface area contributed by atoms with Gasteiger partial charge in [0.05, 0.1) is 12.1 Å². The van der Waals surface area contributed by atoms with E-state index in [1.54, 1.807) is 7.11 Å². The van der Waals surface area contributed by atoms with Crippen molar-refractivity contribution in [3.63, 3.8) is 0 Å². The van der Waals surface area contributed by atoms with E-state index >= 15 is 0 Å². The van der Waals surface area contributed by atoms with Gasteiger partial charge in [-0.05, 0) is 56.6 Å². The molecule has 0 bridgehead atoms. The fourth-order valence-electron chi connectivity index (χ4n) is 2.68. The summed E-state index contributed by atoms with van der Waals surface area (Å²) in [6.07, 6.45) is 4.71. The first-order valence-corrected chi connectivity index (χ1v) is 8.04. The molecule has 1 aliphatic rings. The summed E-state index contributed by atoms with van der Waals surface area (Å²) in [5, 5.41) is 0.594. The summed E-state index contributed by atoms with van der Waals surface area (Å²) in [5.41, 5.74) is 6.65. The van der Waals surface area contributed by atoms with Crippen molar-refractivity contribution in [3.05, 3.63) is 22.7 Å². The van der Waals surface area contributed by atoms with Crippen LogP contribution in [-0.2, 0) is 6.42 Å². The van der Waals surface area contributed by atoms with Crippen molar-refractivity contribution in [3.8, 4) is 11.5 Å². The lowest BCUT2D eigenvalue weighted by Crippen LogP contribution is -2.33. The molecule has 5 heteroatoms. The predicted molar refractivity (Wildman–Crippen MR) is 86.5 cm³/mol. The summed E-state index contributed by atoms with van der Waals surface area (Å²) in [7, 11) is 1.63. The summed E-state index contributed by atoms with van der Waals surface area (Å²) in [6, 6.07) is 3.86. The molecule has 1 aromatic rings. The number of benzene rings is 1. The zero-order chi connectivity index (χ0) is 15.1. The van der Waals surface area contributed by atoms with E-state index in [0.29, 0.717) is 29.7 Å². The molecule has 0 atom stereocenters. The van der Waals surface area contributed by atoms with E-state index < -0.39 is 0 Å². The number of nitrogens with two attached hydrogens (primary N) is 1. The van der Waals surface area contributed by atoms with Crippen molar-refractivity contribution in [2.45, 2.75) is 25.7 Å². The van der Waals surface area contributed by atoms with E-state index in [1.165, 1.54) is 32.4 Å². The first-order valence-electron chi connectivity index (χ1n) is 7.66. The fraction of sp³-hybridized carbons (Fsp3) is 0.625. The highest BCUT2D eigenvalue weighted by Gasteiger charge is 2.14. The van der Waals surface area contributed by atoms with Gasteiger partial charge in [0, 0.05) is 6.54 Å². The third-order valence-electron chi connectivity index (χ3n) is 3.82. The average molecular weight is 313 g/mol. The number of hydrogen-bond acceptors (Lipinski definition) is 4. The zero-order valence-electron chi connectivity index (χ0n) is 12.7. The molecule has 0 saturated carbocycles. The average Bonchev–Trinajstić information content (AvgIpc) is 2.50. The number of methoxy groups -OCH3 is 1. The Morgan fingerprint density at radius 3 is 2.67 bits per heavy atom. The second-order valence-corrected chi connectivity index (χ2v) is 5.81. The smallest absolute Gasteiger partial charge is 0.179 e. The van der Waals surface area contributed by atoms with Crippen LogP contribution in [0.1, 0.15) is 24.8 Å². The Labute approximate surface area is 132 Å². The molecule has 0 amide bonds. The largest absolute Gasteiger partial charge is 0.493 e. The number of rotatable bonds is 7. The SMILES string of the molecule is COc1cc(CCN)cc(Cl)c1OCCN1CCCCC1. The minimum atomic E-state index is 0.592. The van der Waals surface area contributed by atoms with E-state index in [2.05, 4.69) is 4.90 Å². The van der Waals surface area contributed by atoms with E-state index in [-0.39, 0.29) is 0 Å². The van der Waals surface area contributed by atoms with Crippen molar-refractivity contribution >= 4 is 11.6 Å². The summed E-state index contributed by atoms with van der Waals surface area (Å²) in [4.78, 5) is 2.44. The van der Waals surface area contributed by atoms with Gasteiger partial charge >= 0.3 is 0 Å². The second-order valence-electron chi connectivity index (χ2n) is 5.40. The summed E-state index contributed by atoms with van der Waals surface area (Å²) >= 11 is 6.31. The first kappa shape index (κ1) is 16.4. The van der Waals surface area contributed by atoms with Gasteiger partial charge in [-0.3, -0.25) is 4.90 Å². The van der Waals surface area contributed by atoms with Crippen LogP contribution in [0.15, 0.2) is 12.1 Å². The predicted octanol–water partition coefficient (Wildman–Crippen LogP) is 2.71. The molecule has 0 unspecified atom stereocenters. The van der Waals surface area contributed by atoms with E-state index in [1.807, 2.05) is 12.1 Å². The first-order chi connectivity index (χ1) is 10.2. The highest BCUT2D eigenvalue weighted by atomic mass is 35.5. The molecule has 0 aromatic heterocycles. The lowest BCUT2D eigenvalue weighted by molar-refractivity contribution is 0.180. The van der Waals surface area contributed by atoms with Crippen LogP contribution in [-0.4, -0.2) is 44.8 Å². The quantitative estimate of drug-likeness (QED) is 0.841. The molecular weight excluding hydrogens is 288 g/mol. The van der Waals surface area contributed by atoms with E-state index in [0.717, 1.165) is 18.5 Å². The Hall–Kier alpha value is -0.970. The minimum Gasteiger partial charge on any atom is -0.493 e. The molecule has 1 heterocycles. The molecule has 21 heavy (non-hydrogen) atoms. The Morgan fingerprint density at radius 1 is 1.24 bits per heavy atom. The maximum atomic E-state index is 6.31. The Kier molecular flexibility index (Phi) is 6.61. The highest BCUT2D eigenvalue weighted by molar-refractivity contribution is 6.32. The van der Waals surface area contributed by atoms with Crippen LogP contribution in [0.3, 0.4) is 0 Å². The number of hydrogen-bond donors (Lipinski definition) is 1. The maximum absolute atomic E-state index is 6.31. The lowest BCUT2D eigenvalue weighted by Gasteiger charge is -2.26. The van der Waals surface area contributed by atoms with Gasteiger partial charge in [-0.15, -0.1) is 0 Å². The van der Waals surface area contributed by atoms with Gasteiger partial charge in [0.15, 0.2) is 11.5 Å². The molecular formula is C16H25ClN2O2. The molecule has 118 valence electrons. The monoisotopic (exact) mass is 312 g/mol. The van der Waals surface area contributed by atoms with Crippen LogP contribution < -0.4 is 15.2 Å². The molecule has 1 fully saturated rings. The number of likely N-dealkylation sites (tertiary alicyclic amines) is 1. The number of halogens is 1. The molecule has 1 saturated heterocycles. The van der Waals surface area contributed by atoms with E-state index in [9.17, 15) is 0 Å². The number of nitrogens with zero attached hydrogens (tertiary/aromatic N) is 1. The van der Waals surface area contributed by atoms with Crippen molar-refractivity contribution in [1.29, 1.82) is 0 Å². The third kappa shape index (κ3) is 4.77. The van der Waals surface area contributed by atoms with Crippen molar-refractivity contribution in [2.75, 3.05) is 39.9 Å². The Morgan fingerprint density at radius 2 is 2.00 bits per heavy atom. The Balaban J connectivity index is 1.94. The van der Waals surface area contributed by atoms with Gasteiger partial charge in [0.25, 0.3) is 0 Å². The van der Waals surface area contributed by atoms with Crippen molar-refractivity contribution < 1.29 is 9.47 Å². The van der Waals surface area contributed by atoms with Crippen molar-refractivity contribution in [2.24, 2.45) is 5.73 Å². The van der Waals surface area contributed by atoms with Crippen LogP contribution in [0.5, 0.6) is 11.5 Å². The standard InChI is InChI=1S/C16H25ClN2O2/c1-20-15-12-13(5-6-18)11-14(17)16(15)21-10-9-19-7-3-2-4-8-19/h11-12H,2-10,18H2,1H3. The molecule has 1 aromatic carbocycles. The van der Waals surface area contributed by atoms with Gasteiger partial charge in [-0.2, -0.15) is 0 Å². The van der Waals surface area contributed by atoms with Crippen LogP contribution >= 0.6 is 11.6 Å². The lowest BCUT2D eigenvalue weighted by atomic mass is 10.1. The molecule has 2 rings (SSSR count). The summed E-state index contributed by atoms with van der Waals surface area (Å²) in [5.74, 6) is 1.32. The number of piperidine rings is 1. The van der Waals surface area contributed by atoms with Gasteiger partial charge < -0.3 is 15.2 Å². The fourth-order valence-corrected chi connectivity index (χ4v) is 2.97. The van der Waals surface area contributed by atoms with Crippen molar-refractivity contribution in [1.82, 2.24) is 4.90 Å². The van der Waals surface area contributed by atoms with E-state index in [4.69, 9.17) is 26.8 Å². The molecule has 2 N–H and O–H groups in total. The van der Waals surface area contributed by atoms with Crippen LogP contribution in [0, 0.1) is 0 Å². The number of ether oxygens (including phenoxy) is 2. The maximum Gasteiger partial charge on any atom is 0.179 e. The normalized spacial score (nSPS) is 16.0. The third-order valence-corrected chi connectivity index (χ3v) is 4.11. The van der Waals surface area contributed by atoms with Gasteiger partial charge in [-0.1, -0.05) is 18.0 Å². The second kappa shape index (κ2) is 8.47. The topological polar surface area (TPSA) is 47.7 Å². The Bertz CT molecular complexity index is 448. The molecule has 4 nitrogen and oxygen atoms in total. The van der Waals surface area contributed by atoms with Crippen LogP contribution in [0.2, 0.25) is 5.02 Å². The molecule has 0 radical (unpaired) electrons. The summed E-state index contributed by atoms with van der Waals surface area (Å²) < 4.78 is 11.3. The zero-order valence-corrected chi connectivity index (χ0v) is 13.5. The molecule has 0 spiro atoms. The van der Waals surface area contributed by atoms with Crippen LogP contribution in [0.25, 0.3) is 0 Å². The summed E-state index contributed by atoms with van der Waals surface area (Å²) in [6.45, 7) is 4.50. The van der Waals surface area contributed by atoms with Gasteiger partial charge in [-0.25, -0.2) is 0 Å².